The van der Waals surface area contributed by atoms with Crippen molar-refractivity contribution in [2.45, 2.75) is 12.8 Å². The van der Waals surface area contributed by atoms with Crippen molar-refractivity contribution in [1.29, 1.82) is 0 Å². The van der Waals surface area contributed by atoms with Crippen molar-refractivity contribution in [2.75, 3.05) is 20.7 Å². The number of carbonyl (C=O) groups is 1. The summed E-state index contributed by atoms with van der Waals surface area (Å²) in [4.78, 5) is 13.4. The highest BCUT2D eigenvalue weighted by Crippen LogP contribution is 2.25. The summed E-state index contributed by atoms with van der Waals surface area (Å²) < 4.78 is 5.41. The van der Waals surface area contributed by atoms with Crippen LogP contribution in [0.25, 0.3) is 0 Å². The molecule has 0 aliphatic heterocycles. The van der Waals surface area contributed by atoms with Crippen molar-refractivity contribution < 1.29 is 9.53 Å². The highest BCUT2D eigenvalue weighted by atomic mass is 35.5. The van der Waals surface area contributed by atoms with Crippen molar-refractivity contribution in [3.05, 3.63) is 34.9 Å². The van der Waals surface area contributed by atoms with Crippen molar-refractivity contribution in [1.82, 2.24) is 4.90 Å². The number of carbonyl (C=O) groups excluding carboxylic acids is 1. The number of ether oxygens (including phenoxy) is 1. The van der Waals surface area contributed by atoms with E-state index in [-0.39, 0.29) is 12.4 Å². The Morgan fingerprint density at radius 3 is 2.56 bits per heavy atom. The van der Waals surface area contributed by atoms with Gasteiger partial charge in [-0.3, -0.25) is 4.79 Å². The zero-order chi connectivity index (χ0) is 13.7. The number of thiocarbonyl (C=S) groups is 1. The lowest BCUT2D eigenvalue weighted by Crippen LogP contribution is -2.26. The predicted molar refractivity (Wildman–Crippen MR) is 77.1 cm³/mol. The maximum absolute atomic E-state index is 11.7. The molecule has 0 saturated carbocycles. The molecule has 1 unspecified atom stereocenters. The van der Waals surface area contributed by atoms with E-state index in [9.17, 15) is 4.79 Å². The third kappa shape index (κ3) is 3.96. The molecule has 0 aliphatic rings. The highest BCUT2D eigenvalue weighted by Gasteiger charge is 2.20. The van der Waals surface area contributed by atoms with E-state index in [0.717, 1.165) is 5.56 Å². The number of hydrogen-bond acceptors (Lipinski definition) is 3. The van der Waals surface area contributed by atoms with Crippen LogP contribution < -0.4 is 0 Å². The van der Waals surface area contributed by atoms with E-state index in [4.69, 9.17) is 28.6 Å². The van der Waals surface area contributed by atoms with Gasteiger partial charge in [0, 0.05) is 19.1 Å². The Morgan fingerprint density at radius 2 is 2.06 bits per heavy atom. The molecule has 18 heavy (non-hydrogen) atoms. The summed E-state index contributed by atoms with van der Waals surface area (Å²) in [6.07, 6.45) is 0. The third-order valence-corrected chi connectivity index (χ3v) is 3.34. The second-order valence-electron chi connectivity index (χ2n) is 4.16. The molecule has 0 aromatic heterocycles. The minimum Gasteiger partial charge on any atom is -0.470 e. The van der Waals surface area contributed by atoms with E-state index in [1.54, 1.807) is 25.1 Å². The Morgan fingerprint density at radius 1 is 1.44 bits per heavy atom. The molecule has 0 amide bonds. The Labute approximate surface area is 118 Å². The van der Waals surface area contributed by atoms with Gasteiger partial charge in [-0.2, -0.15) is 0 Å². The fraction of sp³-hybridized carbons (Fsp3) is 0.385. The standard InChI is InChI=1S/C13H16ClNO2S/c1-9(16)11(8-17-13(18)15(2)3)10-6-4-5-7-12(10)14/h4-7,11H,8H2,1-3H3. The van der Waals surface area contributed by atoms with Crippen LogP contribution in [0.4, 0.5) is 0 Å². The van der Waals surface area contributed by atoms with Gasteiger partial charge in [-0.25, -0.2) is 0 Å². The maximum Gasteiger partial charge on any atom is 0.258 e. The molecular weight excluding hydrogens is 270 g/mol. The molecule has 0 aliphatic carbocycles. The van der Waals surface area contributed by atoms with Gasteiger partial charge in [-0.15, -0.1) is 0 Å². The summed E-state index contributed by atoms with van der Waals surface area (Å²) >= 11 is 11.1. The molecule has 0 radical (unpaired) electrons. The van der Waals surface area contributed by atoms with E-state index in [1.165, 1.54) is 6.92 Å². The molecule has 0 saturated heterocycles. The monoisotopic (exact) mass is 285 g/mol. The summed E-state index contributed by atoms with van der Waals surface area (Å²) in [5, 5.41) is 0.922. The number of halogens is 1. The van der Waals surface area contributed by atoms with Gasteiger partial charge in [-0.1, -0.05) is 29.8 Å². The van der Waals surface area contributed by atoms with E-state index >= 15 is 0 Å². The Hall–Kier alpha value is -1.13. The molecule has 1 rings (SSSR count). The van der Waals surface area contributed by atoms with Crippen LogP contribution in [-0.2, 0) is 9.53 Å². The van der Waals surface area contributed by atoms with E-state index in [1.807, 2.05) is 18.2 Å². The van der Waals surface area contributed by atoms with Crippen LogP contribution in [0.2, 0.25) is 5.02 Å². The van der Waals surface area contributed by atoms with Gasteiger partial charge in [-0.05, 0) is 30.8 Å². The smallest absolute Gasteiger partial charge is 0.258 e. The largest absolute Gasteiger partial charge is 0.470 e. The fourth-order valence-electron chi connectivity index (χ4n) is 1.47. The summed E-state index contributed by atoms with van der Waals surface area (Å²) in [6.45, 7) is 1.73. The number of nitrogens with zero attached hydrogens (tertiary/aromatic N) is 1. The summed E-state index contributed by atoms with van der Waals surface area (Å²) in [6, 6.07) is 7.27. The predicted octanol–water partition coefficient (Wildman–Crippen LogP) is 2.88. The summed E-state index contributed by atoms with van der Waals surface area (Å²) in [5.74, 6) is -0.388. The molecular formula is C13H16ClNO2S. The molecule has 1 aromatic carbocycles. The van der Waals surface area contributed by atoms with Crippen molar-refractivity contribution in [2.24, 2.45) is 0 Å². The Kier molecular flexibility index (Phi) is 5.56. The normalized spacial score (nSPS) is 11.8. The molecule has 3 nitrogen and oxygen atoms in total. The first kappa shape index (κ1) is 14.9. The molecule has 1 aromatic rings. The third-order valence-electron chi connectivity index (χ3n) is 2.51. The van der Waals surface area contributed by atoms with E-state index in [0.29, 0.717) is 10.2 Å². The van der Waals surface area contributed by atoms with Crippen molar-refractivity contribution >= 4 is 34.8 Å². The van der Waals surface area contributed by atoms with Crippen LogP contribution in [0.5, 0.6) is 0 Å². The van der Waals surface area contributed by atoms with Gasteiger partial charge in [0.25, 0.3) is 5.17 Å². The molecule has 0 spiro atoms. The average Bonchev–Trinajstić information content (AvgIpc) is 2.30. The zero-order valence-corrected chi connectivity index (χ0v) is 12.2. The molecule has 0 bridgehead atoms. The molecule has 5 heteroatoms. The minimum absolute atomic E-state index is 0.00431. The van der Waals surface area contributed by atoms with Gasteiger partial charge >= 0.3 is 0 Å². The maximum atomic E-state index is 11.7. The van der Waals surface area contributed by atoms with Gasteiger partial charge in [0.15, 0.2) is 0 Å². The minimum atomic E-state index is -0.392. The number of hydrogen-bond donors (Lipinski definition) is 0. The van der Waals surface area contributed by atoms with Gasteiger partial charge in [0.2, 0.25) is 0 Å². The number of rotatable bonds is 4. The summed E-state index contributed by atoms with van der Waals surface area (Å²) in [5.41, 5.74) is 0.772. The first-order valence-corrected chi connectivity index (χ1v) is 6.31. The molecule has 98 valence electrons. The van der Waals surface area contributed by atoms with Gasteiger partial charge in [0.1, 0.15) is 12.4 Å². The van der Waals surface area contributed by atoms with Crippen molar-refractivity contribution in [3.63, 3.8) is 0 Å². The van der Waals surface area contributed by atoms with Crippen LogP contribution in [-0.4, -0.2) is 36.6 Å². The molecule has 0 fully saturated rings. The quantitative estimate of drug-likeness (QED) is 0.796. The Balaban J connectivity index is 2.82. The second-order valence-corrected chi connectivity index (χ2v) is 4.91. The van der Waals surface area contributed by atoms with Crippen LogP contribution in [0, 0.1) is 0 Å². The SMILES string of the molecule is CC(=O)C(COC(=S)N(C)C)c1ccccc1Cl. The lowest BCUT2D eigenvalue weighted by molar-refractivity contribution is -0.119. The first-order valence-electron chi connectivity index (χ1n) is 5.52. The van der Waals surface area contributed by atoms with Crippen LogP contribution in [0.3, 0.4) is 0 Å². The number of ketones is 1. The molecule has 1 atom stereocenters. The second kappa shape index (κ2) is 6.71. The van der Waals surface area contributed by atoms with Crippen LogP contribution >= 0.6 is 23.8 Å². The zero-order valence-electron chi connectivity index (χ0n) is 10.6. The van der Waals surface area contributed by atoms with Gasteiger partial charge < -0.3 is 9.64 Å². The lowest BCUT2D eigenvalue weighted by Gasteiger charge is -2.19. The Bertz CT molecular complexity index is 448. The van der Waals surface area contributed by atoms with Crippen LogP contribution in [0.1, 0.15) is 18.4 Å². The van der Waals surface area contributed by atoms with Crippen molar-refractivity contribution in [3.8, 4) is 0 Å². The number of Topliss-reactive ketones (excluding diaryl/α,β-unsaturated/α-hetero) is 1. The summed E-state index contributed by atoms with van der Waals surface area (Å²) in [7, 11) is 3.58. The fourth-order valence-corrected chi connectivity index (χ4v) is 1.80. The van der Waals surface area contributed by atoms with E-state index < -0.39 is 5.92 Å². The lowest BCUT2D eigenvalue weighted by atomic mass is 9.96. The molecule has 0 N–H and O–H groups in total. The number of benzene rings is 1. The van der Waals surface area contributed by atoms with Crippen LogP contribution in [0.15, 0.2) is 24.3 Å². The first-order chi connectivity index (χ1) is 8.43. The highest BCUT2D eigenvalue weighted by molar-refractivity contribution is 7.80. The average molecular weight is 286 g/mol. The van der Waals surface area contributed by atoms with Gasteiger partial charge in [0.05, 0.1) is 5.92 Å². The topological polar surface area (TPSA) is 29.5 Å². The van der Waals surface area contributed by atoms with E-state index in [2.05, 4.69) is 0 Å². The molecule has 0 heterocycles.